The molecule has 5 fully saturated rings. The zero-order chi connectivity index (χ0) is 31.2. The average molecular weight is 616 g/mol. The fraction of sp³-hybridized carbons (Fsp3) is 0.444. The standard InChI is InChI=1S/C36H37N7O3/c1-22-4-3-5-30(23(22)2)35(44)41-17-26-15-40(16-27(26)18-41)33-7-6-24(13-38-33)31-10-29(19-43-34(31)25(12-37)14-39-43)45-9-8-42-20-32-36(42)11-28(36)21-46-32/h3-7,10,13-14,19,26-28,32H,8-9,11,15-18,20-21H2,1-2H3/t26?,27?,28-,32?,36?/m0/s1. The minimum Gasteiger partial charge on any atom is -0.491 e. The quantitative estimate of drug-likeness (QED) is 0.308. The van der Waals surface area contributed by atoms with E-state index in [9.17, 15) is 10.1 Å². The number of carbonyl (C=O) groups is 1. The van der Waals surface area contributed by atoms with E-state index in [4.69, 9.17) is 14.5 Å². The van der Waals surface area contributed by atoms with Gasteiger partial charge in [-0.1, -0.05) is 12.1 Å². The summed E-state index contributed by atoms with van der Waals surface area (Å²) in [5, 5.41) is 14.3. The van der Waals surface area contributed by atoms with Crippen LogP contribution in [0.1, 0.15) is 33.5 Å². The number of nitrogens with zero attached hydrogens (tertiary/aromatic N) is 7. The predicted octanol–water partition coefficient (Wildman–Crippen LogP) is 3.95. The highest BCUT2D eigenvalue weighted by molar-refractivity contribution is 5.96. The normalized spacial score (nSPS) is 27.7. The van der Waals surface area contributed by atoms with Crippen LogP contribution in [0.4, 0.5) is 5.82 Å². The van der Waals surface area contributed by atoms with Gasteiger partial charge in [0.2, 0.25) is 0 Å². The molecule has 5 aliphatic rings. The molecule has 3 aromatic heterocycles. The Bertz CT molecular complexity index is 1900. The van der Waals surface area contributed by atoms with Crippen LogP contribution in [-0.4, -0.2) is 94.4 Å². The molecule has 1 saturated carbocycles. The molecular weight excluding hydrogens is 578 g/mol. The minimum absolute atomic E-state index is 0.146. The molecule has 5 atom stereocenters. The van der Waals surface area contributed by atoms with Crippen LogP contribution in [0, 0.1) is 42.9 Å². The van der Waals surface area contributed by atoms with Crippen LogP contribution in [0.15, 0.2) is 55.0 Å². The van der Waals surface area contributed by atoms with Gasteiger partial charge in [-0.05, 0) is 55.7 Å². The van der Waals surface area contributed by atoms with Crippen molar-refractivity contribution in [3.8, 4) is 22.9 Å². The summed E-state index contributed by atoms with van der Waals surface area (Å²) in [4.78, 5) is 25.1. The highest BCUT2D eigenvalue weighted by Crippen LogP contribution is 2.62. The third-order valence-corrected chi connectivity index (χ3v) is 11.5. The number of fused-ring (bicyclic) bond motifs is 2. The van der Waals surface area contributed by atoms with Crippen LogP contribution >= 0.6 is 0 Å². The van der Waals surface area contributed by atoms with E-state index in [1.54, 1.807) is 10.7 Å². The zero-order valence-electron chi connectivity index (χ0n) is 26.2. The molecule has 10 heteroatoms. The number of anilines is 1. The molecule has 0 bridgehead atoms. The molecule has 9 rings (SSSR count). The Morgan fingerprint density at radius 2 is 1.96 bits per heavy atom. The Hall–Kier alpha value is -4.46. The summed E-state index contributed by atoms with van der Waals surface area (Å²) < 4.78 is 13.9. The summed E-state index contributed by atoms with van der Waals surface area (Å²) in [5.41, 5.74) is 6.39. The Morgan fingerprint density at radius 1 is 1.11 bits per heavy atom. The number of pyridine rings is 2. The van der Waals surface area contributed by atoms with E-state index in [0.29, 0.717) is 41.6 Å². The highest BCUT2D eigenvalue weighted by atomic mass is 16.5. The molecule has 1 amide bonds. The predicted molar refractivity (Wildman–Crippen MR) is 172 cm³/mol. The van der Waals surface area contributed by atoms with Gasteiger partial charge in [-0.15, -0.1) is 0 Å². The van der Waals surface area contributed by atoms with Crippen molar-refractivity contribution in [3.63, 3.8) is 0 Å². The van der Waals surface area contributed by atoms with Crippen molar-refractivity contribution in [1.82, 2.24) is 24.4 Å². The van der Waals surface area contributed by atoms with E-state index in [1.807, 2.05) is 42.4 Å². The summed E-state index contributed by atoms with van der Waals surface area (Å²) in [5.74, 6) is 3.37. The summed E-state index contributed by atoms with van der Waals surface area (Å²) in [6.07, 6.45) is 7.02. The van der Waals surface area contributed by atoms with Gasteiger partial charge in [0, 0.05) is 79.9 Å². The zero-order valence-corrected chi connectivity index (χ0v) is 26.2. The number of hydrogen-bond donors (Lipinski definition) is 0. The van der Waals surface area contributed by atoms with Crippen molar-refractivity contribution in [1.29, 1.82) is 5.26 Å². The van der Waals surface area contributed by atoms with E-state index in [1.165, 1.54) is 6.42 Å². The van der Waals surface area contributed by atoms with Gasteiger partial charge in [-0.25, -0.2) is 9.50 Å². The number of rotatable bonds is 7. The summed E-state index contributed by atoms with van der Waals surface area (Å²) >= 11 is 0. The third kappa shape index (κ3) is 4.18. The molecule has 10 nitrogen and oxygen atoms in total. The fourth-order valence-electron chi connectivity index (χ4n) is 8.65. The first-order valence-corrected chi connectivity index (χ1v) is 16.4. The summed E-state index contributed by atoms with van der Waals surface area (Å²) in [6, 6.07) is 14.4. The van der Waals surface area contributed by atoms with Crippen molar-refractivity contribution in [2.75, 3.05) is 57.4 Å². The van der Waals surface area contributed by atoms with E-state index in [2.05, 4.69) is 46.1 Å². The minimum atomic E-state index is 0.146. The van der Waals surface area contributed by atoms with Crippen molar-refractivity contribution in [3.05, 3.63) is 77.2 Å². The second-order valence-electron chi connectivity index (χ2n) is 13.8. The van der Waals surface area contributed by atoms with Crippen molar-refractivity contribution < 1.29 is 14.3 Å². The van der Waals surface area contributed by atoms with Gasteiger partial charge < -0.3 is 19.3 Å². The lowest BCUT2D eigenvalue weighted by atomic mass is 9.96. The van der Waals surface area contributed by atoms with Gasteiger partial charge in [0.05, 0.1) is 41.7 Å². The SMILES string of the molecule is Cc1cccc(C(=O)N2CC3CN(c4ccc(-c5cc(OCCN6CC7OC[C@@H]8CC786)cn6ncc(C#N)c56)cn4)CC3C2)c1C. The van der Waals surface area contributed by atoms with Crippen molar-refractivity contribution in [2.24, 2.45) is 17.8 Å². The van der Waals surface area contributed by atoms with Gasteiger partial charge in [-0.2, -0.15) is 10.4 Å². The number of aryl methyl sites for hydroxylation is 1. The van der Waals surface area contributed by atoms with Crippen LogP contribution < -0.4 is 9.64 Å². The van der Waals surface area contributed by atoms with Crippen LogP contribution in [0.2, 0.25) is 0 Å². The van der Waals surface area contributed by atoms with Gasteiger partial charge in [0.25, 0.3) is 5.91 Å². The second kappa shape index (κ2) is 10.3. The molecule has 0 radical (unpaired) electrons. The smallest absolute Gasteiger partial charge is 0.254 e. The first-order chi connectivity index (χ1) is 22.4. The largest absolute Gasteiger partial charge is 0.491 e. The molecular formula is C36H37N7O3. The van der Waals surface area contributed by atoms with Gasteiger partial charge in [-0.3, -0.25) is 9.69 Å². The van der Waals surface area contributed by atoms with Gasteiger partial charge in [0.15, 0.2) is 0 Å². The molecule has 1 aliphatic carbocycles. The average Bonchev–Trinajstić information content (AvgIpc) is 3.33. The maximum Gasteiger partial charge on any atom is 0.254 e. The Kier molecular flexibility index (Phi) is 6.21. The maximum absolute atomic E-state index is 13.3. The molecule has 0 N–H and O–H groups in total. The number of ether oxygens (including phenoxy) is 2. The maximum atomic E-state index is 13.3. The number of carbonyl (C=O) groups excluding carboxylic acids is 1. The topological polar surface area (TPSA) is 99.2 Å². The lowest BCUT2D eigenvalue weighted by molar-refractivity contribution is -0.0809. The number of likely N-dealkylation sites (tertiary alicyclic amines) is 2. The fourth-order valence-corrected chi connectivity index (χ4v) is 8.65. The Balaban J connectivity index is 0.888. The Labute approximate surface area is 268 Å². The van der Waals surface area contributed by atoms with Crippen LogP contribution in [0.5, 0.6) is 5.75 Å². The molecule has 7 heterocycles. The van der Waals surface area contributed by atoms with E-state index in [-0.39, 0.29) is 5.91 Å². The number of hydrogen-bond acceptors (Lipinski definition) is 8. The lowest BCUT2D eigenvalue weighted by Crippen LogP contribution is -2.62. The molecule has 46 heavy (non-hydrogen) atoms. The first-order valence-electron chi connectivity index (χ1n) is 16.4. The van der Waals surface area contributed by atoms with E-state index < -0.39 is 0 Å². The van der Waals surface area contributed by atoms with Crippen LogP contribution in [0.25, 0.3) is 16.6 Å². The molecule has 1 spiro atoms. The second-order valence-corrected chi connectivity index (χ2v) is 13.8. The molecule has 4 unspecified atom stereocenters. The number of nitriles is 1. The van der Waals surface area contributed by atoms with Gasteiger partial charge in [0.1, 0.15) is 24.2 Å². The molecule has 4 saturated heterocycles. The lowest BCUT2D eigenvalue weighted by Gasteiger charge is -2.46. The first kappa shape index (κ1) is 27.8. The molecule has 4 aromatic rings. The Morgan fingerprint density at radius 3 is 2.70 bits per heavy atom. The number of benzene rings is 1. The summed E-state index contributed by atoms with van der Waals surface area (Å²) in [7, 11) is 0. The summed E-state index contributed by atoms with van der Waals surface area (Å²) in [6.45, 7) is 10.8. The highest BCUT2D eigenvalue weighted by Gasteiger charge is 2.73. The molecule has 1 aromatic carbocycles. The van der Waals surface area contributed by atoms with Crippen LogP contribution in [0.3, 0.4) is 0 Å². The number of aromatic nitrogens is 3. The van der Waals surface area contributed by atoms with Crippen molar-refractivity contribution >= 4 is 17.2 Å². The number of amides is 1. The van der Waals surface area contributed by atoms with Gasteiger partial charge >= 0.3 is 0 Å². The molecule has 4 aliphatic heterocycles. The monoisotopic (exact) mass is 615 g/mol. The van der Waals surface area contributed by atoms with Crippen LogP contribution in [-0.2, 0) is 4.74 Å². The molecule has 234 valence electrons. The van der Waals surface area contributed by atoms with Crippen molar-refractivity contribution in [2.45, 2.75) is 31.9 Å². The van der Waals surface area contributed by atoms with E-state index in [0.717, 1.165) is 90.8 Å². The van der Waals surface area contributed by atoms with E-state index >= 15 is 0 Å². The third-order valence-electron chi connectivity index (χ3n) is 11.5.